The molecule has 0 fully saturated rings. The molecule has 0 saturated carbocycles. The number of carbonyl (C=O) groups is 1. The molecule has 10 heteroatoms. The van der Waals surface area contributed by atoms with Gasteiger partial charge in [-0.25, -0.2) is 26.7 Å². The van der Waals surface area contributed by atoms with Crippen molar-refractivity contribution in [2.75, 3.05) is 13.2 Å². The first kappa shape index (κ1) is 32.6. The van der Waals surface area contributed by atoms with Gasteiger partial charge < -0.3 is 9.84 Å². The van der Waals surface area contributed by atoms with Crippen molar-refractivity contribution in [3.05, 3.63) is 29.3 Å². The maximum Gasteiger partial charge on any atom is 0.341 e. The van der Waals surface area contributed by atoms with E-state index in [0.29, 0.717) is 12.8 Å². The number of aliphatic carboxylic acids is 1. The van der Waals surface area contributed by atoms with Gasteiger partial charge in [-0.15, -0.1) is 0 Å². The van der Waals surface area contributed by atoms with Crippen LogP contribution in [-0.2, 0) is 14.8 Å². The average Bonchev–Trinajstić information content (AvgIpc) is 2.82. The quantitative estimate of drug-likeness (QED) is 0.115. The van der Waals surface area contributed by atoms with E-state index in [9.17, 15) is 22.0 Å². The van der Waals surface area contributed by atoms with Crippen molar-refractivity contribution in [2.24, 2.45) is 0 Å². The molecule has 0 radical (unpaired) electrons. The third kappa shape index (κ3) is 12.7. The number of benzene rings is 1. The monoisotopic (exact) mass is 551 g/mol. The standard InChI is InChI=1S/C26H43F2NO5S2/c1-3-5-6-7-8-9-10-11-12-13-15-21(14-4-2)36(32,33)29-18-24(35)20-16-22(27)26(23(28)17-20)34-19-25(30)31/h16-17,21,24,29,35H,3-15,18-19H2,1-2H3,(H,30,31). The number of rotatable bonds is 21. The Labute approximate surface area is 221 Å². The molecular weight excluding hydrogens is 508 g/mol. The van der Waals surface area contributed by atoms with Gasteiger partial charge in [0.05, 0.1) is 5.25 Å². The number of carboxylic acid groups (broad SMARTS) is 1. The highest BCUT2D eigenvalue weighted by atomic mass is 32.2. The summed E-state index contributed by atoms with van der Waals surface area (Å²) < 4.78 is 61.5. The number of thiol groups is 1. The normalized spacial score (nSPS) is 13.5. The molecule has 36 heavy (non-hydrogen) atoms. The van der Waals surface area contributed by atoms with Gasteiger partial charge >= 0.3 is 5.97 Å². The van der Waals surface area contributed by atoms with Gasteiger partial charge in [-0.2, -0.15) is 12.6 Å². The molecule has 0 heterocycles. The van der Waals surface area contributed by atoms with Crippen LogP contribution in [0.15, 0.2) is 12.1 Å². The Morgan fingerprint density at radius 2 is 1.47 bits per heavy atom. The maximum absolute atomic E-state index is 14.2. The number of hydrogen-bond acceptors (Lipinski definition) is 5. The molecule has 0 aliphatic heterocycles. The van der Waals surface area contributed by atoms with Crippen molar-refractivity contribution < 1.29 is 31.8 Å². The Kier molecular flexibility index (Phi) is 16.3. The number of unbranched alkanes of at least 4 members (excludes halogenated alkanes) is 9. The van der Waals surface area contributed by atoms with Gasteiger partial charge in [0.2, 0.25) is 10.0 Å². The van der Waals surface area contributed by atoms with E-state index in [1.54, 1.807) is 0 Å². The lowest BCUT2D eigenvalue weighted by atomic mass is 10.0. The molecule has 208 valence electrons. The smallest absolute Gasteiger partial charge is 0.341 e. The van der Waals surface area contributed by atoms with Gasteiger partial charge in [-0.1, -0.05) is 84.5 Å². The Bertz CT molecular complexity index is 860. The Morgan fingerprint density at radius 1 is 0.944 bits per heavy atom. The third-order valence-electron chi connectivity index (χ3n) is 6.15. The third-order valence-corrected chi connectivity index (χ3v) is 8.55. The largest absolute Gasteiger partial charge is 0.479 e. The van der Waals surface area contributed by atoms with Crippen LogP contribution >= 0.6 is 12.6 Å². The molecule has 0 spiro atoms. The molecule has 2 atom stereocenters. The van der Waals surface area contributed by atoms with E-state index in [-0.39, 0.29) is 12.1 Å². The average molecular weight is 552 g/mol. The second-order valence-electron chi connectivity index (χ2n) is 9.29. The molecule has 1 rings (SSSR count). The van der Waals surface area contributed by atoms with E-state index in [1.165, 1.54) is 44.9 Å². The first-order valence-corrected chi connectivity index (χ1v) is 15.2. The van der Waals surface area contributed by atoms with Crippen LogP contribution in [0.3, 0.4) is 0 Å². The second-order valence-corrected chi connectivity index (χ2v) is 12.0. The van der Waals surface area contributed by atoms with Crippen molar-refractivity contribution in [1.29, 1.82) is 0 Å². The van der Waals surface area contributed by atoms with Crippen molar-refractivity contribution in [1.82, 2.24) is 4.72 Å². The lowest BCUT2D eigenvalue weighted by Gasteiger charge is -2.20. The lowest BCUT2D eigenvalue weighted by molar-refractivity contribution is -0.139. The summed E-state index contributed by atoms with van der Waals surface area (Å²) in [5.41, 5.74) is 0.125. The maximum atomic E-state index is 14.2. The summed E-state index contributed by atoms with van der Waals surface area (Å²) in [4.78, 5) is 10.6. The van der Waals surface area contributed by atoms with E-state index < -0.39 is 50.5 Å². The Balaban J connectivity index is 2.53. The van der Waals surface area contributed by atoms with Gasteiger partial charge in [0, 0.05) is 11.8 Å². The molecule has 0 saturated heterocycles. The molecule has 2 N–H and O–H groups in total. The minimum absolute atomic E-state index is 0.125. The molecule has 0 aliphatic carbocycles. The van der Waals surface area contributed by atoms with Gasteiger partial charge in [-0.3, -0.25) is 0 Å². The van der Waals surface area contributed by atoms with E-state index in [2.05, 4.69) is 29.0 Å². The number of carboxylic acids is 1. The van der Waals surface area contributed by atoms with Crippen LogP contribution in [0.1, 0.15) is 108 Å². The van der Waals surface area contributed by atoms with Gasteiger partial charge in [0.1, 0.15) is 0 Å². The van der Waals surface area contributed by atoms with Crippen LogP contribution < -0.4 is 9.46 Å². The van der Waals surface area contributed by atoms with Crippen LogP contribution in [0.25, 0.3) is 0 Å². The SMILES string of the molecule is CCCCCCCCCCCCC(CCC)S(=O)(=O)NCC(S)c1cc(F)c(OCC(=O)O)c(F)c1. The molecule has 0 aliphatic rings. The summed E-state index contributed by atoms with van der Waals surface area (Å²) in [7, 11) is -3.62. The fraction of sp³-hybridized carbons (Fsp3) is 0.731. The summed E-state index contributed by atoms with van der Waals surface area (Å²) in [6.45, 7) is 3.15. The Morgan fingerprint density at radius 3 is 1.97 bits per heavy atom. The first-order valence-electron chi connectivity index (χ1n) is 13.1. The van der Waals surface area contributed by atoms with E-state index >= 15 is 0 Å². The fourth-order valence-corrected chi connectivity index (χ4v) is 6.13. The number of sulfonamides is 1. The Hall–Kier alpha value is -1.39. The number of halogens is 2. The van der Waals surface area contributed by atoms with Crippen LogP contribution in [-0.4, -0.2) is 37.9 Å². The molecule has 1 aromatic rings. The molecule has 0 bridgehead atoms. The zero-order valence-electron chi connectivity index (χ0n) is 21.6. The summed E-state index contributed by atoms with van der Waals surface area (Å²) in [6, 6.07) is 1.94. The van der Waals surface area contributed by atoms with Crippen molar-refractivity contribution in [3.63, 3.8) is 0 Å². The minimum atomic E-state index is -3.62. The second kappa shape index (κ2) is 18.0. The highest BCUT2D eigenvalue weighted by Crippen LogP contribution is 2.29. The fourth-order valence-electron chi connectivity index (χ4n) is 4.11. The molecule has 0 amide bonds. The van der Waals surface area contributed by atoms with Crippen LogP contribution in [0.2, 0.25) is 0 Å². The van der Waals surface area contributed by atoms with Gasteiger partial charge in [0.25, 0.3) is 0 Å². The number of hydrogen-bond donors (Lipinski definition) is 3. The van der Waals surface area contributed by atoms with Crippen molar-refractivity contribution >= 4 is 28.6 Å². The summed E-state index contributed by atoms with van der Waals surface area (Å²) in [6.07, 6.45) is 13.7. The highest BCUT2D eigenvalue weighted by molar-refractivity contribution is 7.90. The number of ether oxygens (including phenoxy) is 1. The summed E-state index contributed by atoms with van der Waals surface area (Å²) in [5, 5.41) is 7.31. The summed E-state index contributed by atoms with van der Waals surface area (Å²) in [5.74, 6) is -4.29. The predicted octanol–water partition coefficient (Wildman–Crippen LogP) is 6.80. The van der Waals surface area contributed by atoms with Crippen LogP contribution in [0.5, 0.6) is 5.75 Å². The molecule has 6 nitrogen and oxygen atoms in total. The molecule has 2 unspecified atom stereocenters. The molecule has 1 aromatic carbocycles. The highest BCUT2D eigenvalue weighted by Gasteiger charge is 2.25. The van der Waals surface area contributed by atoms with Crippen molar-refractivity contribution in [3.8, 4) is 5.75 Å². The van der Waals surface area contributed by atoms with Gasteiger partial charge in [0.15, 0.2) is 24.0 Å². The van der Waals surface area contributed by atoms with Gasteiger partial charge in [-0.05, 0) is 30.5 Å². The molecule has 0 aromatic heterocycles. The van der Waals surface area contributed by atoms with E-state index in [0.717, 1.165) is 37.8 Å². The predicted molar refractivity (Wildman–Crippen MR) is 143 cm³/mol. The zero-order valence-corrected chi connectivity index (χ0v) is 23.3. The zero-order chi connectivity index (χ0) is 27.0. The summed E-state index contributed by atoms with van der Waals surface area (Å²) >= 11 is 4.32. The van der Waals surface area contributed by atoms with Crippen LogP contribution in [0, 0.1) is 11.6 Å². The van der Waals surface area contributed by atoms with Crippen molar-refractivity contribution in [2.45, 2.75) is 108 Å². The molecular formula is C26H43F2NO5S2. The van der Waals surface area contributed by atoms with E-state index in [4.69, 9.17) is 5.11 Å². The van der Waals surface area contributed by atoms with E-state index in [1.807, 2.05) is 6.92 Å². The minimum Gasteiger partial charge on any atom is -0.479 e. The lowest BCUT2D eigenvalue weighted by Crippen LogP contribution is -2.36. The number of nitrogens with one attached hydrogen (secondary N) is 1. The van der Waals surface area contributed by atoms with Crippen LogP contribution in [0.4, 0.5) is 8.78 Å². The first-order chi connectivity index (χ1) is 17.1. The topological polar surface area (TPSA) is 92.7 Å².